The molecule has 0 bridgehead atoms. The Kier molecular flexibility index (Phi) is 5.30. The Balaban J connectivity index is 2.30. The minimum atomic E-state index is -0.269. The van der Waals surface area contributed by atoms with Gasteiger partial charge >= 0.3 is 0 Å². The summed E-state index contributed by atoms with van der Waals surface area (Å²) in [6, 6.07) is 7.40. The third kappa shape index (κ3) is 4.29. The van der Waals surface area contributed by atoms with Crippen molar-refractivity contribution in [1.29, 1.82) is 0 Å². The summed E-state index contributed by atoms with van der Waals surface area (Å²) in [5.41, 5.74) is 2.17. The van der Waals surface area contributed by atoms with Gasteiger partial charge in [0, 0.05) is 12.6 Å². The summed E-state index contributed by atoms with van der Waals surface area (Å²) in [6.07, 6.45) is 1.61. The molecule has 2 rings (SSSR count). The Bertz CT molecular complexity index is 729. The van der Waals surface area contributed by atoms with E-state index in [1.54, 1.807) is 26.2 Å². The van der Waals surface area contributed by atoms with Crippen molar-refractivity contribution in [2.24, 2.45) is 0 Å². The number of ether oxygens (including phenoxy) is 1. The molecule has 1 aromatic heterocycles. The first-order valence-electron chi connectivity index (χ1n) is 7.20. The fourth-order valence-electron chi connectivity index (χ4n) is 2.06. The third-order valence-corrected chi connectivity index (χ3v) is 3.10. The zero-order chi connectivity index (χ0) is 16.8. The molecule has 1 aromatic carbocycles. The molecule has 23 heavy (non-hydrogen) atoms. The number of amides is 1. The highest BCUT2D eigenvalue weighted by atomic mass is 16.5. The van der Waals surface area contributed by atoms with Gasteiger partial charge in [0.2, 0.25) is 0 Å². The average Bonchev–Trinajstić information content (AvgIpc) is 2.52. The van der Waals surface area contributed by atoms with Crippen LogP contribution in [0.1, 0.15) is 21.9 Å². The molecule has 2 aromatic rings. The van der Waals surface area contributed by atoms with Gasteiger partial charge in [0.1, 0.15) is 23.1 Å². The van der Waals surface area contributed by atoms with Crippen LogP contribution in [0.3, 0.4) is 0 Å². The molecule has 120 valence electrons. The number of benzene rings is 1. The highest BCUT2D eigenvalue weighted by molar-refractivity contribution is 5.93. The number of hydrogen-bond donors (Lipinski definition) is 2. The van der Waals surface area contributed by atoms with E-state index in [9.17, 15) is 4.79 Å². The van der Waals surface area contributed by atoms with Crippen molar-refractivity contribution in [2.75, 3.05) is 19.0 Å². The van der Waals surface area contributed by atoms with Crippen molar-refractivity contribution in [3.63, 3.8) is 0 Å². The van der Waals surface area contributed by atoms with Crippen molar-refractivity contribution in [3.05, 3.63) is 54.0 Å². The van der Waals surface area contributed by atoms with Crippen LogP contribution in [0.15, 0.2) is 36.9 Å². The van der Waals surface area contributed by atoms with Gasteiger partial charge in [0.25, 0.3) is 5.91 Å². The molecule has 0 aliphatic carbocycles. The highest BCUT2D eigenvalue weighted by Gasteiger charge is 2.11. The standard InChI is InChI=1S/C17H20N4O2/c1-5-8-18-17(22)14-10-16(20-12(3)19-14)21-13-9-11(2)6-7-15(13)23-4/h5-7,9-10H,1,8H2,2-4H3,(H,18,22)(H,19,20,21). The molecule has 0 spiro atoms. The quantitative estimate of drug-likeness (QED) is 0.802. The van der Waals surface area contributed by atoms with Gasteiger partial charge in [-0.15, -0.1) is 6.58 Å². The first kappa shape index (κ1) is 16.5. The normalized spacial score (nSPS) is 10.0. The molecule has 0 atom stereocenters. The van der Waals surface area contributed by atoms with E-state index in [1.165, 1.54) is 0 Å². The largest absolute Gasteiger partial charge is 0.495 e. The van der Waals surface area contributed by atoms with Gasteiger partial charge in [0.05, 0.1) is 12.8 Å². The lowest BCUT2D eigenvalue weighted by Crippen LogP contribution is -2.24. The van der Waals surface area contributed by atoms with Crippen molar-refractivity contribution >= 4 is 17.4 Å². The van der Waals surface area contributed by atoms with E-state index in [1.807, 2.05) is 25.1 Å². The Morgan fingerprint density at radius 2 is 2.09 bits per heavy atom. The Hall–Kier alpha value is -2.89. The number of methoxy groups -OCH3 is 1. The molecule has 0 unspecified atom stereocenters. The number of aromatic nitrogens is 2. The number of carbonyl (C=O) groups excluding carboxylic acids is 1. The SMILES string of the molecule is C=CCNC(=O)c1cc(Nc2cc(C)ccc2OC)nc(C)n1. The number of aryl methyl sites for hydroxylation is 2. The van der Waals surface area contributed by atoms with Gasteiger partial charge in [-0.1, -0.05) is 12.1 Å². The second kappa shape index (κ2) is 7.40. The first-order chi connectivity index (χ1) is 11.0. The number of nitrogens with zero attached hydrogens (tertiary/aromatic N) is 2. The predicted octanol–water partition coefficient (Wildman–Crippen LogP) is 2.76. The fourth-order valence-corrected chi connectivity index (χ4v) is 2.06. The predicted molar refractivity (Wildman–Crippen MR) is 90.3 cm³/mol. The average molecular weight is 312 g/mol. The van der Waals surface area contributed by atoms with Crippen molar-refractivity contribution in [2.45, 2.75) is 13.8 Å². The maximum atomic E-state index is 12.0. The summed E-state index contributed by atoms with van der Waals surface area (Å²) in [4.78, 5) is 20.5. The Morgan fingerprint density at radius 3 is 2.78 bits per heavy atom. The fraction of sp³-hybridized carbons (Fsp3) is 0.235. The lowest BCUT2D eigenvalue weighted by molar-refractivity contribution is 0.0952. The number of nitrogens with one attached hydrogen (secondary N) is 2. The molecule has 0 saturated heterocycles. The van der Waals surface area contributed by atoms with Gasteiger partial charge in [-0.05, 0) is 31.5 Å². The lowest BCUT2D eigenvalue weighted by atomic mass is 10.2. The summed E-state index contributed by atoms with van der Waals surface area (Å²) in [6.45, 7) is 7.69. The molecule has 6 heteroatoms. The van der Waals surface area contributed by atoms with Crippen molar-refractivity contribution in [3.8, 4) is 5.75 Å². The number of hydrogen-bond acceptors (Lipinski definition) is 5. The second-order valence-electron chi connectivity index (χ2n) is 5.01. The van der Waals surface area contributed by atoms with Gasteiger partial charge in [-0.2, -0.15) is 0 Å². The summed E-state index contributed by atoms with van der Waals surface area (Å²) < 4.78 is 5.34. The minimum absolute atomic E-state index is 0.269. The van der Waals surface area contributed by atoms with Crippen LogP contribution in [-0.4, -0.2) is 29.5 Å². The Morgan fingerprint density at radius 1 is 1.30 bits per heavy atom. The summed E-state index contributed by atoms with van der Waals surface area (Å²) in [5.74, 6) is 1.47. The van der Waals surface area contributed by atoms with E-state index in [0.717, 1.165) is 11.3 Å². The monoisotopic (exact) mass is 312 g/mol. The Labute approximate surface area is 135 Å². The minimum Gasteiger partial charge on any atom is -0.495 e. The lowest BCUT2D eigenvalue weighted by Gasteiger charge is -2.12. The molecule has 6 nitrogen and oxygen atoms in total. The molecule has 0 saturated carbocycles. The van der Waals surface area contributed by atoms with Crippen LogP contribution in [0.25, 0.3) is 0 Å². The molecular formula is C17H20N4O2. The van der Waals surface area contributed by atoms with Crippen LogP contribution >= 0.6 is 0 Å². The van der Waals surface area contributed by atoms with Crippen LogP contribution in [-0.2, 0) is 0 Å². The van der Waals surface area contributed by atoms with E-state index in [0.29, 0.717) is 29.6 Å². The van der Waals surface area contributed by atoms with E-state index < -0.39 is 0 Å². The van der Waals surface area contributed by atoms with E-state index >= 15 is 0 Å². The van der Waals surface area contributed by atoms with Crippen LogP contribution in [0.2, 0.25) is 0 Å². The second-order valence-corrected chi connectivity index (χ2v) is 5.01. The van der Waals surface area contributed by atoms with Crippen LogP contribution in [0.5, 0.6) is 5.75 Å². The molecule has 1 heterocycles. The summed E-state index contributed by atoms with van der Waals surface area (Å²) >= 11 is 0. The summed E-state index contributed by atoms with van der Waals surface area (Å²) in [7, 11) is 1.61. The van der Waals surface area contributed by atoms with Crippen LogP contribution in [0.4, 0.5) is 11.5 Å². The van der Waals surface area contributed by atoms with E-state index in [4.69, 9.17) is 4.74 Å². The molecule has 1 amide bonds. The number of carbonyl (C=O) groups is 1. The molecule has 0 radical (unpaired) electrons. The zero-order valence-corrected chi connectivity index (χ0v) is 13.5. The van der Waals surface area contributed by atoms with Gasteiger partial charge in [0.15, 0.2) is 0 Å². The van der Waals surface area contributed by atoms with Crippen molar-refractivity contribution < 1.29 is 9.53 Å². The molecule has 0 fully saturated rings. The van der Waals surface area contributed by atoms with Crippen LogP contribution in [0, 0.1) is 13.8 Å². The van der Waals surface area contributed by atoms with Gasteiger partial charge in [-0.25, -0.2) is 9.97 Å². The van der Waals surface area contributed by atoms with Crippen molar-refractivity contribution in [1.82, 2.24) is 15.3 Å². The molecule has 0 aliphatic heterocycles. The van der Waals surface area contributed by atoms with Crippen LogP contribution < -0.4 is 15.4 Å². The molecule has 2 N–H and O–H groups in total. The number of anilines is 2. The number of rotatable bonds is 6. The molecular weight excluding hydrogens is 292 g/mol. The zero-order valence-electron chi connectivity index (χ0n) is 13.5. The summed E-state index contributed by atoms with van der Waals surface area (Å²) in [5, 5.41) is 5.88. The highest BCUT2D eigenvalue weighted by Crippen LogP contribution is 2.28. The smallest absolute Gasteiger partial charge is 0.270 e. The van der Waals surface area contributed by atoms with E-state index in [2.05, 4.69) is 27.2 Å². The maximum absolute atomic E-state index is 12.0. The first-order valence-corrected chi connectivity index (χ1v) is 7.20. The van der Waals surface area contributed by atoms with Gasteiger partial charge < -0.3 is 15.4 Å². The van der Waals surface area contributed by atoms with E-state index in [-0.39, 0.29) is 5.91 Å². The maximum Gasteiger partial charge on any atom is 0.270 e. The molecule has 0 aliphatic rings. The topological polar surface area (TPSA) is 76.1 Å². The van der Waals surface area contributed by atoms with Gasteiger partial charge in [-0.3, -0.25) is 4.79 Å². The third-order valence-electron chi connectivity index (χ3n) is 3.10.